The van der Waals surface area contributed by atoms with Crippen molar-refractivity contribution in [2.24, 2.45) is 0 Å². The van der Waals surface area contributed by atoms with E-state index >= 15 is 0 Å². The second kappa shape index (κ2) is 3.59. The molecular weight excluding hydrogens is 198 g/mol. The minimum atomic E-state index is -4.57. The van der Waals surface area contributed by atoms with Crippen LogP contribution in [-0.4, -0.2) is 22.2 Å². The normalized spacial score (nSPS) is 11.6. The van der Waals surface area contributed by atoms with E-state index in [1.54, 1.807) is 0 Å². The van der Waals surface area contributed by atoms with Gasteiger partial charge in [0.05, 0.1) is 0 Å². The first-order valence-corrected chi connectivity index (χ1v) is 3.72. The molecule has 0 saturated carbocycles. The van der Waals surface area contributed by atoms with Gasteiger partial charge in [0.2, 0.25) is 0 Å². The van der Waals surface area contributed by atoms with Crippen molar-refractivity contribution in [3.05, 3.63) is 23.5 Å². The maximum atomic E-state index is 12.2. The van der Waals surface area contributed by atoms with Crippen LogP contribution in [0.3, 0.4) is 0 Å². The number of pyridine rings is 1. The Morgan fingerprint density at radius 3 is 2.29 bits per heavy atom. The highest BCUT2D eigenvalue weighted by Gasteiger charge is 2.33. The van der Waals surface area contributed by atoms with Crippen molar-refractivity contribution in [3.8, 4) is 0 Å². The van der Waals surface area contributed by atoms with Gasteiger partial charge >= 0.3 is 13.3 Å². The third-order valence-electron chi connectivity index (χ3n) is 1.56. The molecular formula is C7H7BF3NO2. The number of hydrogen-bond donors (Lipinski definition) is 2. The van der Waals surface area contributed by atoms with Gasteiger partial charge in [0.1, 0.15) is 5.69 Å². The fourth-order valence-electron chi connectivity index (χ4n) is 0.990. The highest BCUT2D eigenvalue weighted by Crippen LogP contribution is 2.26. The van der Waals surface area contributed by atoms with Gasteiger partial charge in [-0.15, -0.1) is 0 Å². The molecule has 0 unspecified atom stereocenters. The predicted molar refractivity (Wildman–Crippen MR) is 43.8 cm³/mol. The molecule has 0 bridgehead atoms. The molecule has 1 aromatic rings. The molecule has 0 fully saturated rings. The molecule has 0 atom stereocenters. The van der Waals surface area contributed by atoms with Crippen LogP contribution in [0.4, 0.5) is 13.2 Å². The summed E-state index contributed by atoms with van der Waals surface area (Å²) in [4.78, 5) is 3.24. The Balaban J connectivity index is 3.21. The minimum Gasteiger partial charge on any atom is -0.423 e. The van der Waals surface area contributed by atoms with Crippen molar-refractivity contribution in [1.82, 2.24) is 4.98 Å². The molecule has 76 valence electrons. The molecule has 1 rings (SSSR count). The largest absolute Gasteiger partial charge is 0.488 e. The molecule has 1 heterocycles. The van der Waals surface area contributed by atoms with Crippen molar-refractivity contribution >= 4 is 12.6 Å². The van der Waals surface area contributed by atoms with Gasteiger partial charge in [-0.05, 0) is 24.5 Å². The number of nitrogens with zero attached hydrogens (tertiary/aromatic N) is 1. The van der Waals surface area contributed by atoms with Crippen LogP contribution in [0.15, 0.2) is 12.1 Å². The van der Waals surface area contributed by atoms with Crippen LogP contribution >= 0.6 is 0 Å². The van der Waals surface area contributed by atoms with Gasteiger partial charge in [-0.1, -0.05) is 0 Å². The van der Waals surface area contributed by atoms with Crippen LogP contribution in [0, 0.1) is 6.92 Å². The molecule has 0 amide bonds. The molecule has 0 radical (unpaired) electrons. The first kappa shape index (κ1) is 11.0. The fraction of sp³-hybridized carbons (Fsp3) is 0.286. The third-order valence-corrected chi connectivity index (χ3v) is 1.56. The molecule has 1 aromatic heterocycles. The summed E-state index contributed by atoms with van der Waals surface area (Å²) in [6, 6.07) is 1.79. The molecule has 0 saturated heterocycles. The van der Waals surface area contributed by atoms with E-state index in [2.05, 4.69) is 4.98 Å². The SMILES string of the molecule is Cc1cc(B(O)O)cc(C(F)(F)F)n1. The van der Waals surface area contributed by atoms with E-state index in [1.165, 1.54) is 13.0 Å². The molecule has 0 spiro atoms. The zero-order valence-corrected chi connectivity index (χ0v) is 7.21. The van der Waals surface area contributed by atoms with Crippen molar-refractivity contribution in [2.75, 3.05) is 0 Å². The van der Waals surface area contributed by atoms with Gasteiger partial charge in [0.25, 0.3) is 0 Å². The molecule has 0 aliphatic carbocycles. The zero-order chi connectivity index (χ0) is 10.9. The van der Waals surface area contributed by atoms with E-state index in [4.69, 9.17) is 10.0 Å². The smallest absolute Gasteiger partial charge is 0.423 e. The number of hydrogen-bond acceptors (Lipinski definition) is 3. The van der Waals surface area contributed by atoms with Gasteiger partial charge in [0.15, 0.2) is 0 Å². The van der Waals surface area contributed by atoms with E-state index in [-0.39, 0.29) is 11.2 Å². The molecule has 3 nitrogen and oxygen atoms in total. The Bertz CT molecular complexity index is 340. The van der Waals surface area contributed by atoms with Crippen LogP contribution in [-0.2, 0) is 6.18 Å². The monoisotopic (exact) mass is 205 g/mol. The van der Waals surface area contributed by atoms with Crippen molar-refractivity contribution in [1.29, 1.82) is 0 Å². The van der Waals surface area contributed by atoms with Gasteiger partial charge in [0, 0.05) is 5.69 Å². The van der Waals surface area contributed by atoms with Crippen LogP contribution in [0.2, 0.25) is 0 Å². The summed E-state index contributed by atoms with van der Waals surface area (Å²) in [5.41, 5.74) is -1.26. The summed E-state index contributed by atoms with van der Waals surface area (Å²) in [5, 5.41) is 17.4. The summed E-state index contributed by atoms with van der Waals surface area (Å²) in [5.74, 6) is 0. The molecule has 7 heteroatoms. The first-order valence-electron chi connectivity index (χ1n) is 3.72. The Morgan fingerprint density at radius 2 is 1.86 bits per heavy atom. The Morgan fingerprint density at radius 1 is 1.29 bits per heavy atom. The standard InChI is InChI=1S/C7H7BF3NO2/c1-4-2-5(8(13)14)3-6(12-4)7(9,10)11/h2-3,13-14H,1H3. The zero-order valence-electron chi connectivity index (χ0n) is 7.21. The second-order valence-electron chi connectivity index (χ2n) is 2.80. The van der Waals surface area contributed by atoms with Crippen LogP contribution in [0.25, 0.3) is 0 Å². The van der Waals surface area contributed by atoms with Crippen molar-refractivity contribution in [2.45, 2.75) is 13.1 Å². The maximum Gasteiger partial charge on any atom is 0.488 e. The van der Waals surface area contributed by atoms with Crippen LogP contribution in [0.1, 0.15) is 11.4 Å². The third kappa shape index (κ3) is 2.46. The average Bonchev–Trinajstić information content (AvgIpc) is 2.01. The molecule has 0 aromatic carbocycles. The lowest BCUT2D eigenvalue weighted by atomic mass is 9.80. The lowest BCUT2D eigenvalue weighted by Gasteiger charge is -2.08. The van der Waals surface area contributed by atoms with Crippen LogP contribution in [0.5, 0.6) is 0 Å². The number of rotatable bonds is 1. The Hall–Kier alpha value is -1.08. The summed E-state index contributed by atoms with van der Waals surface area (Å²) >= 11 is 0. The van der Waals surface area contributed by atoms with E-state index in [0.29, 0.717) is 6.07 Å². The fourth-order valence-corrected chi connectivity index (χ4v) is 0.990. The molecule has 0 aliphatic heterocycles. The quantitative estimate of drug-likeness (QED) is 0.638. The van der Waals surface area contributed by atoms with Gasteiger partial charge in [-0.25, -0.2) is 4.98 Å². The van der Waals surface area contributed by atoms with Crippen molar-refractivity contribution < 1.29 is 23.2 Å². The summed E-state index contributed by atoms with van der Waals surface area (Å²) < 4.78 is 36.6. The highest BCUT2D eigenvalue weighted by molar-refractivity contribution is 6.58. The number of halogens is 3. The second-order valence-corrected chi connectivity index (χ2v) is 2.80. The molecule has 14 heavy (non-hydrogen) atoms. The minimum absolute atomic E-state index is 0.0860. The van der Waals surface area contributed by atoms with Crippen molar-refractivity contribution in [3.63, 3.8) is 0 Å². The van der Waals surface area contributed by atoms with E-state index in [1.807, 2.05) is 0 Å². The molecule has 0 aliphatic rings. The van der Waals surface area contributed by atoms with Crippen LogP contribution < -0.4 is 5.46 Å². The number of aromatic nitrogens is 1. The summed E-state index contributed by atoms with van der Waals surface area (Å²) in [6.45, 7) is 1.35. The lowest BCUT2D eigenvalue weighted by molar-refractivity contribution is -0.141. The van der Waals surface area contributed by atoms with Gasteiger partial charge in [-0.2, -0.15) is 13.2 Å². The van der Waals surface area contributed by atoms with E-state index in [0.717, 1.165) is 0 Å². The maximum absolute atomic E-state index is 12.2. The highest BCUT2D eigenvalue weighted by atomic mass is 19.4. The summed E-state index contributed by atoms with van der Waals surface area (Å²) in [7, 11) is -1.92. The summed E-state index contributed by atoms with van der Waals surface area (Å²) in [6.07, 6.45) is -4.57. The topological polar surface area (TPSA) is 53.4 Å². The number of alkyl halides is 3. The lowest BCUT2D eigenvalue weighted by Crippen LogP contribution is -2.31. The Kier molecular flexibility index (Phi) is 2.82. The average molecular weight is 205 g/mol. The Labute approximate surface area is 78.4 Å². The predicted octanol–water partition coefficient (Wildman–Crippen LogP) is 0.0886. The van der Waals surface area contributed by atoms with Gasteiger partial charge < -0.3 is 10.0 Å². The van der Waals surface area contributed by atoms with E-state index in [9.17, 15) is 13.2 Å². The molecule has 2 N–H and O–H groups in total. The van der Waals surface area contributed by atoms with E-state index < -0.39 is 19.0 Å². The van der Waals surface area contributed by atoms with Gasteiger partial charge in [-0.3, -0.25) is 0 Å². The first-order chi connectivity index (χ1) is 6.30. The number of aryl methyl sites for hydroxylation is 1.